The maximum atomic E-state index is 13.2. The van der Waals surface area contributed by atoms with Gasteiger partial charge in [0.1, 0.15) is 5.82 Å². The average molecular weight is 341 g/mol. The lowest BCUT2D eigenvalue weighted by Crippen LogP contribution is -2.07. The fourth-order valence-electron chi connectivity index (χ4n) is 1.95. The first-order valence-corrected chi connectivity index (χ1v) is 7.47. The van der Waals surface area contributed by atoms with E-state index in [9.17, 15) is 9.50 Å². The number of benzene rings is 1. The number of hydrogen-bond donors (Lipinski definition) is 1. The molecule has 5 heteroatoms. The van der Waals surface area contributed by atoms with E-state index in [4.69, 9.17) is 0 Å². The summed E-state index contributed by atoms with van der Waals surface area (Å²) in [7, 11) is 0. The van der Waals surface area contributed by atoms with Crippen LogP contribution in [0.15, 0.2) is 34.9 Å². The fourth-order valence-corrected chi connectivity index (χ4v) is 2.35. The Kier molecular flexibility index (Phi) is 4.94. The van der Waals surface area contributed by atoms with Gasteiger partial charge in [-0.05, 0) is 53.0 Å². The largest absolute Gasteiger partial charge is 0.388 e. The molecule has 1 aromatic heterocycles. The van der Waals surface area contributed by atoms with Crippen LogP contribution in [0.5, 0.6) is 0 Å². The Bertz CT molecular complexity index is 585. The summed E-state index contributed by atoms with van der Waals surface area (Å²) in [4.78, 5) is 0. The van der Waals surface area contributed by atoms with Gasteiger partial charge in [0.15, 0.2) is 0 Å². The van der Waals surface area contributed by atoms with Crippen molar-refractivity contribution in [2.45, 2.75) is 38.8 Å². The smallest absolute Gasteiger partial charge is 0.137 e. The topological polar surface area (TPSA) is 38.0 Å². The molecule has 0 spiro atoms. The van der Waals surface area contributed by atoms with Crippen LogP contribution in [0.3, 0.4) is 0 Å². The zero-order valence-corrected chi connectivity index (χ0v) is 13.1. The van der Waals surface area contributed by atoms with Crippen LogP contribution in [0.4, 0.5) is 4.39 Å². The van der Waals surface area contributed by atoms with Crippen LogP contribution in [-0.4, -0.2) is 14.9 Å². The number of hydrogen-bond acceptors (Lipinski definition) is 2. The van der Waals surface area contributed by atoms with Gasteiger partial charge in [0.05, 0.1) is 16.3 Å². The van der Waals surface area contributed by atoms with Crippen molar-refractivity contribution < 1.29 is 9.50 Å². The van der Waals surface area contributed by atoms with Gasteiger partial charge in [0, 0.05) is 18.7 Å². The molecule has 0 aliphatic carbocycles. The number of aromatic nitrogens is 2. The summed E-state index contributed by atoms with van der Waals surface area (Å²) >= 11 is 3.13. The Morgan fingerprint density at radius 1 is 1.40 bits per heavy atom. The van der Waals surface area contributed by atoms with Gasteiger partial charge < -0.3 is 5.11 Å². The van der Waals surface area contributed by atoms with Crippen molar-refractivity contribution in [1.82, 2.24) is 9.78 Å². The normalized spacial score (nSPS) is 14.2. The maximum absolute atomic E-state index is 13.2. The number of halogens is 2. The van der Waals surface area contributed by atoms with E-state index < -0.39 is 6.10 Å². The molecule has 0 saturated carbocycles. The lowest BCUT2D eigenvalue weighted by molar-refractivity contribution is 0.176. The SMILES string of the molecule is CCC(C)n1ccc(CC(O)c2ccc(F)c(Br)c2)n1. The van der Waals surface area contributed by atoms with Crippen LogP contribution in [0.2, 0.25) is 0 Å². The molecule has 3 nitrogen and oxygen atoms in total. The van der Waals surface area contributed by atoms with E-state index in [0.29, 0.717) is 22.5 Å². The molecule has 108 valence electrons. The predicted octanol–water partition coefficient (Wildman–Crippen LogP) is 4.03. The first kappa shape index (κ1) is 15.2. The second-order valence-electron chi connectivity index (χ2n) is 4.94. The molecule has 0 bridgehead atoms. The van der Waals surface area contributed by atoms with Crippen LogP contribution in [0, 0.1) is 5.82 Å². The molecular formula is C15H18BrFN2O. The van der Waals surface area contributed by atoms with Crippen molar-refractivity contribution in [2.24, 2.45) is 0 Å². The second kappa shape index (κ2) is 6.50. The molecule has 0 fully saturated rings. The highest BCUT2D eigenvalue weighted by Gasteiger charge is 2.13. The first-order chi connectivity index (χ1) is 9.51. The Balaban J connectivity index is 2.09. The molecule has 0 radical (unpaired) electrons. The molecule has 0 aliphatic heterocycles. The molecule has 1 N–H and O–H groups in total. The van der Waals surface area contributed by atoms with Crippen molar-refractivity contribution in [2.75, 3.05) is 0 Å². The van der Waals surface area contributed by atoms with Gasteiger partial charge in [-0.3, -0.25) is 4.68 Å². The third-order valence-corrected chi connectivity index (χ3v) is 4.04. The van der Waals surface area contributed by atoms with Gasteiger partial charge in [-0.2, -0.15) is 5.10 Å². The molecule has 1 heterocycles. The lowest BCUT2D eigenvalue weighted by atomic mass is 10.1. The van der Waals surface area contributed by atoms with Crippen LogP contribution in [-0.2, 0) is 6.42 Å². The number of aliphatic hydroxyl groups excluding tert-OH is 1. The van der Waals surface area contributed by atoms with E-state index in [2.05, 4.69) is 34.9 Å². The van der Waals surface area contributed by atoms with Crippen molar-refractivity contribution in [3.05, 3.63) is 52.0 Å². The molecule has 1 aromatic carbocycles. The van der Waals surface area contributed by atoms with Crippen molar-refractivity contribution in [1.29, 1.82) is 0 Å². The van der Waals surface area contributed by atoms with Gasteiger partial charge in [-0.25, -0.2) is 4.39 Å². The third kappa shape index (κ3) is 3.46. The quantitative estimate of drug-likeness (QED) is 0.892. The van der Waals surface area contributed by atoms with Crippen molar-refractivity contribution >= 4 is 15.9 Å². The van der Waals surface area contributed by atoms with E-state index in [-0.39, 0.29) is 5.82 Å². The fraction of sp³-hybridized carbons (Fsp3) is 0.400. The summed E-state index contributed by atoms with van der Waals surface area (Å²) in [6.07, 6.45) is 2.67. The first-order valence-electron chi connectivity index (χ1n) is 6.68. The minimum absolute atomic E-state index is 0.331. The Hall–Kier alpha value is -1.20. The van der Waals surface area contributed by atoms with E-state index in [1.807, 2.05) is 16.9 Å². The average Bonchev–Trinajstić information content (AvgIpc) is 2.89. The predicted molar refractivity (Wildman–Crippen MR) is 80.0 cm³/mol. The maximum Gasteiger partial charge on any atom is 0.137 e. The molecule has 0 saturated heterocycles. The summed E-state index contributed by atoms with van der Waals surface area (Å²) in [6.45, 7) is 4.21. The minimum atomic E-state index is -0.688. The van der Waals surface area contributed by atoms with E-state index in [0.717, 1.165) is 12.1 Å². The summed E-state index contributed by atoms with van der Waals surface area (Å²) in [5.74, 6) is -0.331. The second-order valence-corrected chi connectivity index (χ2v) is 5.79. The van der Waals surface area contributed by atoms with Gasteiger partial charge >= 0.3 is 0 Å². The Morgan fingerprint density at radius 3 is 2.80 bits per heavy atom. The number of rotatable bonds is 5. The minimum Gasteiger partial charge on any atom is -0.388 e. The molecule has 0 amide bonds. The number of aliphatic hydroxyl groups is 1. The van der Waals surface area contributed by atoms with E-state index in [1.54, 1.807) is 12.1 Å². The van der Waals surface area contributed by atoms with Crippen LogP contribution >= 0.6 is 15.9 Å². The van der Waals surface area contributed by atoms with Gasteiger partial charge in [-0.15, -0.1) is 0 Å². The zero-order chi connectivity index (χ0) is 14.7. The molecule has 2 aromatic rings. The monoisotopic (exact) mass is 340 g/mol. The van der Waals surface area contributed by atoms with Gasteiger partial charge in [0.25, 0.3) is 0 Å². The molecular weight excluding hydrogens is 323 g/mol. The highest BCUT2D eigenvalue weighted by molar-refractivity contribution is 9.10. The lowest BCUT2D eigenvalue weighted by Gasteiger charge is -2.11. The highest BCUT2D eigenvalue weighted by atomic mass is 79.9. The van der Waals surface area contributed by atoms with Crippen LogP contribution < -0.4 is 0 Å². The molecule has 20 heavy (non-hydrogen) atoms. The Morgan fingerprint density at radius 2 is 2.15 bits per heavy atom. The van der Waals surface area contributed by atoms with Crippen LogP contribution in [0.1, 0.15) is 43.7 Å². The third-order valence-electron chi connectivity index (χ3n) is 3.44. The molecule has 2 rings (SSSR count). The summed E-state index contributed by atoms with van der Waals surface area (Å²) < 4.78 is 15.4. The Labute approximate surface area is 126 Å². The van der Waals surface area contributed by atoms with Gasteiger partial charge in [-0.1, -0.05) is 13.0 Å². The van der Waals surface area contributed by atoms with Crippen molar-refractivity contribution in [3.63, 3.8) is 0 Å². The van der Waals surface area contributed by atoms with Crippen molar-refractivity contribution in [3.8, 4) is 0 Å². The van der Waals surface area contributed by atoms with Gasteiger partial charge in [0.2, 0.25) is 0 Å². The summed E-state index contributed by atoms with van der Waals surface area (Å²) in [6, 6.07) is 6.80. The summed E-state index contributed by atoms with van der Waals surface area (Å²) in [5, 5.41) is 14.7. The molecule has 2 unspecified atom stereocenters. The van der Waals surface area contributed by atoms with E-state index >= 15 is 0 Å². The number of nitrogens with zero attached hydrogens (tertiary/aromatic N) is 2. The highest BCUT2D eigenvalue weighted by Crippen LogP contribution is 2.23. The standard InChI is InChI=1S/C15H18BrFN2O/c1-3-10(2)19-7-6-12(18-19)9-15(20)11-4-5-14(17)13(16)8-11/h4-8,10,15,20H,3,9H2,1-2H3. The molecule has 2 atom stereocenters. The summed E-state index contributed by atoms with van der Waals surface area (Å²) in [5.41, 5.74) is 1.51. The van der Waals surface area contributed by atoms with Crippen LogP contribution in [0.25, 0.3) is 0 Å². The molecule has 0 aliphatic rings. The zero-order valence-electron chi connectivity index (χ0n) is 11.6. The van der Waals surface area contributed by atoms with E-state index in [1.165, 1.54) is 6.07 Å².